The fourth-order valence-corrected chi connectivity index (χ4v) is 3.75. The Morgan fingerprint density at radius 3 is 2.61 bits per heavy atom. The minimum atomic E-state index is 0. The molecule has 0 radical (unpaired) electrons. The third-order valence-corrected chi connectivity index (χ3v) is 5.22. The van der Waals surface area contributed by atoms with Crippen molar-refractivity contribution in [1.82, 2.24) is 15.1 Å². The number of methoxy groups -OCH3 is 2. The highest BCUT2D eigenvalue weighted by Crippen LogP contribution is 2.27. The van der Waals surface area contributed by atoms with Crippen molar-refractivity contribution in [2.45, 2.75) is 25.9 Å². The average Bonchev–Trinajstić information content (AvgIpc) is 3.21. The van der Waals surface area contributed by atoms with E-state index < -0.39 is 0 Å². The van der Waals surface area contributed by atoms with E-state index in [1.165, 1.54) is 6.42 Å². The van der Waals surface area contributed by atoms with Gasteiger partial charge in [0.15, 0.2) is 17.5 Å². The van der Waals surface area contributed by atoms with Crippen molar-refractivity contribution in [2.24, 2.45) is 4.99 Å². The third kappa shape index (κ3) is 5.87. The first-order valence-corrected chi connectivity index (χ1v) is 9.81. The maximum Gasteiger partial charge on any atom is 0.194 e. The summed E-state index contributed by atoms with van der Waals surface area (Å²) in [6.45, 7) is 9.44. The summed E-state index contributed by atoms with van der Waals surface area (Å²) in [5.41, 5.74) is 1.10. The number of hydrogen-bond donors (Lipinski definition) is 1. The van der Waals surface area contributed by atoms with Gasteiger partial charge in [-0.1, -0.05) is 6.07 Å². The van der Waals surface area contributed by atoms with E-state index in [2.05, 4.69) is 22.0 Å². The SMILES string of the molecule is CCNC(=NCc1ccc(OC)c(OC)c1)N1CCC(N2CCOCC2)C1.I. The number of ether oxygens (including phenoxy) is 3. The van der Waals surface area contributed by atoms with Gasteiger partial charge < -0.3 is 24.4 Å². The molecular formula is C20H33IN4O3. The highest BCUT2D eigenvalue weighted by molar-refractivity contribution is 14.0. The monoisotopic (exact) mass is 504 g/mol. The van der Waals surface area contributed by atoms with Crippen LogP contribution in [0.25, 0.3) is 0 Å². The summed E-state index contributed by atoms with van der Waals surface area (Å²) in [6.07, 6.45) is 1.18. The van der Waals surface area contributed by atoms with Crippen molar-refractivity contribution in [3.63, 3.8) is 0 Å². The summed E-state index contributed by atoms with van der Waals surface area (Å²) in [4.78, 5) is 9.80. The highest BCUT2D eigenvalue weighted by atomic mass is 127. The third-order valence-electron chi connectivity index (χ3n) is 5.22. The highest BCUT2D eigenvalue weighted by Gasteiger charge is 2.30. The standard InChI is InChI=1S/C20H32N4O3.HI/c1-4-21-20(22-14-16-5-6-18(25-2)19(13-16)26-3)24-8-7-17(15-24)23-9-11-27-12-10-23;/h5-6,13,17H,4,7-12,14-15H2,1-3H3,(H,21,22);1H. The van der Waals surface area contributed by atoms with Crippen molar-refractivity contribution in [3.8, 4) is 11.5 Å². The van der Waals surface area contributed by atoms with Gasteiger partial charge in [0.25, 0.3) is 0 Å². The predicted molar refractivity (Wildman–Crippen MR) is 122 cm³/mol. The zero-order chi connectivity index (χ0) is 19.1. The Bertz CT molecular complexity index is 638. The van der Waals surface area contributed by atoms with E-state index in [0.29, 0.717) is 12.6 Å². The molecule has 2 aliphatic heterocycles. The number of benzene rings is 1. The van der Waals surface area contributed by atoms with Crippen molar-refractivity contribution in [2.75, 3.05) is 60.2 Å². The molecule has 1 aromatic carbocycles. The smallest absolute Gasteiger partial charge is 0.194 e. The fourth-order valence-electron chi connectivity index (χ4n) is 3.75. The molecule has 1 aromatic rings. The van der Waals surface area contributed by atoms with Gasteiger partial charge in [0.2, 0.25) is 0 Å². The molecule has 0 spiro atoms. The summed E-state index contributed by atoms with van der Waals surface area (Å²) >= 11 is 0. The average molecular weight is 504 g/mol. The molecule has 1 unspecified atom stereocenters. The number of aliphatic imine (C=N–C) groups is 1. The first-order valence-electron chi connectivity index (χ1n) is 9.81. The predicted octanol–water partition coefficient (Wildman–Crippen LogP) is 2.19. The number of morpholine rings is 1. The van der Waals surface area contributed by atoms with Crippen LogP contribution in [-0.4, -0.2) is 82.0 Å². The maximum atomic E-state index is 5.48. The van der Waals surface area contributed by atoms with Crippen LogP contribution >= 0.6 is 24.0 Å². The Morgan fingerprint density at radius 2 is 1.93 bits per heavy atom. The molecule has 1 atom stereocenters. The fraction of sp³-hybridized carbons (Fsp3) is 0.650. The number of nitrogens with zero attached hydrogens (tertiary/aromatic N) is 3. The van der Waals surface area contributed by atoms with Gasteiger partial charge in [0, 0.05) is 38.8 Å². The van der Waals surface area contributed by atoms with Gasteiger partial charge in [-0.05, 0) is 31.0 Å². The van der Waals surface area contributed by atoms with Gasteiger partial charge in [-0.15, -0.1) is 24.0 Å². The molecule has 2 aliphatic rings. The van der Waals surface area contributed by atoms with E-state index in [-0.39, 0.29) is 24.0 Å². The molecule has 2 saturated heterocycles. The lowest BCUT2D eigenvalue weighted by atomic mass is 10.2. The summed E-state index contributed by atoms with van der Waals surface area (Å²) in [6, 6.07) is 6.56. The Kier molecular flexibility index (Phi) is 9.60. The molecule has 2 fully saturated rings. The summed E-state index contributed by atoms with van der Waals surface area (Å²) in [5, 5.41) is 3.45. The lowest BCUT2D eigenvalue weighted by Gasteiger charge is -2.32. The molecule has 1 N–H and O–H groups in total. The molecule has 0 saturated carbocycles. The maximum absolute atomic E-state index is 5.48. The van der Waals surface area contributed by atoms with Crippen molar-refractivity contribution >= 4 is 29.9 Å². The number of nitrogens with one attached hydrogen (secondary N) is 1. The van der Waals surface area contributed by atoms with Gasteiger partial charge in [-0.2, -0.15) is 0 Å². The molecule has 2 heterocycles. The van der Waals surface area contributed by atoms with E-state index in [1.807, 2.05) is 18.2 Å². The van der Waals surface area contributed by atoms with Crippen molar-refractivity contribution < 1.29 is 14.2 Å². The number of rotatable bonds is 6. The molecule has 0 aliphatic carbocycles. The van der Waals surface area contributed by atoms with Crippen LogP contribution in [0.5, 0.6) is 11.5 Å². The summed E-state index contributed by atoms with van der Waals surface area (Å²) < 4.78 is 16.2. The molecule has 3 rings (SSSR count). The van der Waals surface area contributed by atoms with E-state index >= 15 is 0 Å². The zero-order valence-electron chi connectivity index (χ0n) is 17.1. The first-order chi connectivity index (χ1) is 13.2. The minimum absolute atomic E-state index is 0. The van der Waals surface area contributed by atoms with Gasteiger partial charge in [-0.25, -0.2) is 4.99 Å². The van der Waals surface area contributed by atoms with Crippen LogP contribution < -0.4 is 14.8 Å². The van der Waals surface area contributed by atoms with Crippen LogP contribution in [0.15, 0.2) is 23.2 Å². The van der Waals surface area contributed by atoms with Gasteiger partial charge in [0.1, 0.15) is 0 Å². The molecule has 0 aromatic heterocycles. The Morgan fingerprint density at radius 1 is 1.18 bits per heavy atom. The lowest BCUT2D eigenvalue weighted by Crippen LogP contribution is -2.46. The number of halogens is 1. The molecule has 8 heteroatoms. The Hall–Kier alpha value is -1.26. The largest absolute Gasteiger partial charge is 0.493 e. The first kappa shape index (κ1) is 23.0. The number of guanidine groups is 1. The van der Waals surface area contributed by atoms with E-state index in [1.54, 1.807) is 14.2 Å². The van der Waals surface area contributed by atoms with Crippen LogP contribution in [-0.2, 0) is 11.3 Å². The van der Waals surface area contributed by atoms with Gasteiger partial charge in [-0.3, -0.25) is 4.90 Å². The van der Waals surface area contributed by atoms with Gasteiger partial charge >= 0.3 is 0 Å². The van der Waals surface area contributed by atoms with Crippen LogP contribution in [0, 0.1) is 0 Å². The molecule has 158 valence electrons. The van der Waals surface area contributed by atoms with E-state index in [0.717, 1.165) is 69.0 Å². The van der Waals surface area contributed by atoms with E-state index in [9.17, 15) is 0 Å². The quantitative estimate of drug-likeness (QED) is 0.364. The van der Waals surface area contributed by atoms with Gasteiger partial charge in [0.05, 0.1) is 34.0 Å². The number of hydrogen-bond acceptors (Lipinski definition) is 5. The molecule has 0 amide bonds. The molecule has 7 nitrogen and oxygen atoms in total. The Labute approximate surface area is 185 Å². The van der Waals surface area contributed by atoms with Crippen LogP contribution in [0.2, 0.25) is 0 Å². The zero-order valence-corrected chi connectivity index (χ0v) is 19.5. The normalized spacial score (nSPS) is 20.6. The summed E-state index contributed by atoms with van der Waals surface area (Å²) in [5.74, 6) is 2.47. The molecular weight excluding hydrogens is 471 g/mol. The van der Waals surface area contributed by atoms with Crippen LogP contribution in [0.4, 0.5) is 0 Å². The van der Waals surface area contributed by atoms with Crippen molar-refractivity contribution in [3.05, 3.63) is 23.8 Å². The number of likely N-dealkylation sites (tertiary alicyclic amines) is 1. The van der Waals surface area contributed by atoms with Crippen LogP contribution in [0.3, 0.4) is 0 Å². The second kappa shape index (κ2) is 11.7. The second-order valence-electron chi connectivity index (χ2n) is 6.90. The van der Waals surface area contributed by atoms with E-state index in [4.69, 9.17) is 19.2 Å². The molecule has 0 bridgehead atoms. The van der Waals surface area contributed by atoms with Crippen LogP contribution in [0.1, 0.15) is 18.9 Å². The lowest BCUT2D eigenvalue weighted by molar-refractivity contribution is 0.0195. The molecule has 28 heavy (non-hydrogen) atoms. The second-order valence-corrected chi connectivity index (χ2v) is 6.90. The summed E-state index contributed by atoms with van der Waals surface area (Å²) in [7, 11) is 3.31. The topological polar surface area (TPSA) is 58.6 Å². The Balaban J connectivity index is 0.00000280. The van der Waals surface area contributed by atoms with Crippen molar-refractivity contribution in [1.29, 1.82) is 0 Å². The minimum Gasteiger partial charge on any atom is -0.493 e.